The van der Waals surface area contributed by atoms with Gasteiger partial charge in [-0.1, -0.05) is 11.6 Å². The Morgan fingerprint density at radius 2 is 2.04 bits per heavy atom. The van der Waals surface area contributed by atoms with Gasteiger partial charge in [0, 0.05) is 22.2 Å². The first kappa shape index (κ1) is 19.1. The summed E-state index contributed by atoms with van der Waals surface area (Å²) in [7, 11) is 1.47. The summed E-state index contributed by atoms with van der Waals surface area (Å²) >= 11 is 14.3. The number of carbonyl (C=O) groups excluding carboxylic acids is 1. The molecule has 0 saturated heterocycles. The molecule has 0 unspecified atom stereocenters. The highest BCUT2D eigenvalue weighted by molar-refractivity contribution is 9.10. The fraction of sp³-hybridized carbons (Fsp3) is 0.0667. The molecule has 25 heavy (non-hydrogen) atoms. The minimum Gasteiger partial charge on any atom is -0.495 e. The maximum Gasteiger partial charge on any atom is 0.270 e. The number of nitrogens with zero attached hydrogens (tertiary/aromatic N) is 1. The summed E-state index contributed by atoms with van der Waals surface area (Å²) in [6.07, 6.45) is 0. The quantitative estimate of drug-likeness (QED) is 0.418. The first-order valence-electron chi connectivity index (χ1n) is 6.71. The molecular weight excluding hydrogens is 434 g/mol. The first-order valence-corrected chi connectivity index (χ1v) is 8.29. The van der Waals surface area contributed by atoms with Crippen LogP contribution in [-0.2, 0) is 0 Å². The zero-order valence-electron chi connectivity index (χ0n) is 12.7. The number of nitro groups is 1. The van der Waals surface area contributed by atoms with Crippen molar-refractivity contribution in [2.75, 3.05) is 12.4 Å². The molecule has 2 rings (SSSR count). The number of non-ortho nitro benzene ring substituents is 1. The van der Waals surface area contributed by atoms with Crippen LogP contribution in [0.2, 0.25) is 5.02 Å². The van der Waals surface area contributed by atoms with Crippen molar-refractivity contribution in [2.45, 2.75) is 0 Å². The maximum atomic E-state index is 12.2. The highest BCUT2D eigenvalue weighted by Gasteiger charge is 2.13. The topological polar surface area (TPSA) is 93.5 Å². The third kappa shape index (κ3) is 4.88. The number of thiocarbonyl (C=S) groups is 1. The monoisotopic (exact) mass is 443 g/mol. The molecule has 2 N–H and O–H groups in total. The van der Waals surface area contributed by atoms with E-state index in [0.717, 1.165) is 0 Å². The lowest BCUT2D eigenvalue weighted by Gasteiger charge is -2.11. The summed E-state index contributed by atoms with van der Waals surface area (Å²) in [5.74, 6) is -0.00573. The molecule has 0 atom stereocenters. The van der Waals surface area contributed by atoms with Crippen molar-refractivity contribution in [2.24, 2.45) is 0 Å². The van der Waals surface area contributed by atoms with Crippen LogP contribution in [0.25, 0.3) is 0 Å². The van der Waals surface area contributed by atoms with E-state index in [1.54, 1.807) is 12.1 Å². The van der Waals surface area contributed by atoms with Crippen molar-refractivity contribution in [1.82, 2.24) is 5.32 Å². The molecule has 0 radical (unpaired) electrons. The smallest absolute Gasteiger partial charge is 0.270 e. The minimum absolute atomic E-state index is 0.0338. The van der Waals surface area contributed by atoms with Crippen LogP contribution in [0.1, 0.15) is 10.4 Å². The van der Waals surface area contributed by atoms with E-state index in [0.29, 0.717) is 26.5 Å². The molecule has 0 aliphatic heterocycles. The van der Waals surface area contributed by atoms with Crippen LogP contribution in [0, 0.1) is 10.1 Å². The number of rotatable bonds is 4. The van der Waals surface area contributed by atoms with E-state index < -0.39 is 10.8 Å². The second-order valence-electron chi connectivity index (χ2n) is 4.68. The van der Waals surface area contributed by atoms with Gasteiger partial charge in [0.25, 0.3) is 11.6 Å². The average Bonchev–Trinajstić information content (AvgIpc) is 2.56. The number of nitrogens with one attached hydrogen (secondary N) is 2. The van der Waals surface area contributed by atoms with Crippen LogP contribution in [0.4, 0.5) is 11.4 Å². The lowest BCUT2D eigenvalue weighted by Crippen LogP contribution is -2.34. The fourth-order valence-electron chi connectivity index (χ4n) is 1.86. The third-order valence-electron chi connectivity index (χ3n) is 3.05. The molecule has 1 amide bonds. The van der Waals surface area contributed by atoms with Gasteiger partial charge in [0.05, 0.1) is 22.7 Å². The van der Waals surface area contributed by atoms with Crippen LogP contribution in [0.3, 0.4) is 0 Å². The average molecular weight is 445 g/mol. The van der Waals surface area contributed by atoms with Gasteiger partial charge in [-0.3, -0.25) is 20.2 Å². The van der Waals surface area contributed by atoms with Crippen LogP contribution < -0.4 is 15.4 Å². The van der Waals surface area contributed by atoms with Gasteiger partial charge in [0.1, 0.15) is 5.75 Å². The van der Waals surface area contributed by atoms with E-state index in [-0.39, 0.29) is 10.8 Å². The lowest BCUT2D eigenvalue weighted by molar-refractivity contribution is -0.384. The molecule has 0 bridgehead atoms. The summed E-state index contributed by atoms with van der Waals surface area (Å²) in [5.41, 5.74) is 0.710. The van der Waals surface area contributed by atoms with E-state index >= 15 is 0 Å². The lowest BCUT2D eigenvalue weighted by atomic mass is 10.2. The Kier molecular flexibility index (Phi) is 6.29. The molecule has 130 valence electrons. The number of methoxy groups -OCH3 is 1. The molecule has 0 fully saturated rings. The molecule has 10 heteroatoms. The molecule has 0 aliphatic rings. The summed E-state index contributed by atoms with van der Waals surface area (Å²) in [6.45, 7) is 0. The van der Waals surface area contributed by atoms with E-state index in [1.807, 2.05) is 0 Å². The molecule has 0 aliphatic carbocycles. The van der Waals surface area contributed by atoms with E-state index in [4.69, 9.17) is 28.6 Å². The Balaban J connectivity index is 2.06. The van der Waals surface area contributed by atoms with E-state index in [2.05, 4.69) is 26.6 Å². The van der Waals surface area contributed by atoms with Crippen molar-refractivity contribution in [3.8, 4) is 5.75 Å². The number of nitro benzene ring substituents is 1. The van der Waals surface area contributed by atoms with E-state index in [1.165, 1.54) is 31.4 Å². The SMILES string of the molecule is COc1ccc(C(=O)NC(=S)Nc2ccc([N+](=O)[O-])cc2Br)cc1Cl. The fourth-order valence-corrected chi connectivity index (χ4v) is 2.78. The molecule has 7 nitrogen and oxygen atoms in total. The Hall–Kier alpha value is -2.23. The van der Waals surface area contributed by atoms with E-state index in [9.17, 15) is 14.9 Å². The zero-order chi connectivity index (χ0) is 18.6. The van der Waals surface area contributed by atoms with Gasteiger partial charge in [-0.2, -0.15) is 0 Å². The van der Waals surface area contributed by atoms with Gasteiger partial charge >= 0.3 is 0 Å². The number of hydrogen-bond acceptors (Lipinski definition) is 5. The van der Waals surface area contributed by atoms with Gasteiger partial charge < -0.3 is 10.1 Å². The van der Waals surface area contributed by atoms with Crippen molar-refractivity contribution in [3.63, 3.8) is 0 Å². The second-order valence-corrected chi connectivity index (χ2v) is 6.35. The number of carbonyl (C=O) groups is 1. The predicted molar refractivity (Wildman–Crippen MR) is 102 cm³/mol. The van der Waals surface area contributed by atoms with Crippen molar-refractivity contribution in [3.05, 3.63) is 61.6 Å². The highest BCUT2D eigenvalue weighted by Crippen LogP contribution is 2.27. The van der Waals surface area contributed by atoms with Crippen LogP contribution in [0.5, 0.6) is 5.75 Å². The predicted octanol–water partition coefficient (Wildman–Crippen LogP) is 4.15. The van der Waals surface area contributed by atoms with Crippen molar-refractivity contribution in [1.29, 1.82) is 0 Å². The van der Waals surface area contributed by atoms with Crippen molar-refractivity contribution < 1.29 is 14.5 Å². The summed E-state index contributed by atoms with van der Waals surface area (Å²) in [5, 5.41) is 16.3. The molecule has 0 saturated carbocycles. The third-order valence-corrected chi connectivity index (χ3v) is 4.21. The highest BCUT2D eigenvalue weighted by atomic mass is 79.9. The standard InChI is InChI=1S/C15H11BrClN3O4S/c1-24-13-5-2-8(6-11(13)17)14(21)19-15(25)18-12-4-3-9(20(22)23)7-10(12)16/h2-7H,1H3,(H2,18,19,21,25). The molecule has 0 aromatic heterocycles. The maximum absolute atomic E-state index is 12.2. The van der Waals surface area contributed by atoms with Gasteiger partial charge in [-0.15, -0.1) is 0 Å². The normalized spacial score (nSPS) is 10.0. The first-order chi connectivity index (χ1) is 11.8. The number of halogens is 2. The number of hydrogen-bond donors (Lipinski definition) is 2. The Morgan fingerprint density at radius 3 is 2.60 bits per heavy atom. The molecule has 2 aromatic carbocycles. The van der Waals surface area contributed by atoms with Gasteiger partial charge in [-0.25, -0.2) is 0 Å². The number of ether oxygens (including phenoxy) is 1. The Bertz CT molecular complexity index is 863. The molecular formula is C15H11BrClN3O4S. The zero-order valence-corrected chi connectivity index (χ0v) is 15.9. The van der Waals surface area contributed by atoms with Crippen LogP contribution in [0.15, 0.2) is 40.9 Å². The van der Waals surface area contributed by atoms with Gasteiger partial charge in [0.15, 0.2) is 5.11 Å². The number of benzene rings is 2. The summed E-state index contributed by atoms with van der Waals surface area (Å²) < 4.78 is 5.46. The van der Waals surface area contributed by atoms with Crippen LogP contribution in [-0.4, -0.2) is 23.1 Å². The summed E-state index contributed by atoms with van der Waals surface area (Å²) in [6, 6.07) is 8.70. The second kappa shape index (κ2) is 8.24. The molecule has 0 heterocycles. The Labute approximate surface area is 161 Å². The minimum atomic E-state index is -0.512. The largest absolute Gasteiger partial charge is 0.495 e. The van der Waals surface area contributed by atoms with Crippen LogP contribution >= 0.6 is 39.7 Å². The van der Waals surface area contributed by atoms with Crippen molar-refractivity contribution >= 4 is 62.1 Å². The Morgan fingerprint density at radius 1 is 1.32 bits per heavy atom. The van der Waals surface area contributed by atoms with Gasteiger partial charge in [-0.05, 0) is 52.4 Å². The number of amides is 1. The summed E-state index contributed by atoms with van der Waals surface area (Å²) in [4.78, 5) is 22.4. The molecule has 2 aromatic rings. The molecule has 0 spiro atoms. The van der Waals surface area contributed by atoms with Gasteiger partial charge in [0.2, 0.25) is 0 Å². The number of anilines is 1.